The van der Waals surface area contributed by atoms with Gasteiger partial charge in [-0.15, -0.1) is 0 Å². The molecule has 3 N–H and O–H groups in total. The van der Waals surface area contributed by atoms with Crippen LogP contribution in [0.4, 0.5) is 17.1 Å². The first-order valence-electron chi connectivity index (χ1n) is 5.45. The Kier molecular flexibility index (Phi) is 3.38. The van der Waals surface area contributed by atoms with Crippen LogP contribution in [0.1, 0.15) is 11.1 Å². The smallest absolute Gasteiger partial charge is 0.0531 e. The summed E-state index contributed by atoms with van der Waals surface area (Å²) in [5, 5.41) is 3.38. The lowest BCUT2D eigenvalue weighted by Crippen LogP contribution is -1.95. The van der Waals surface area contributed by atoms with Gasteiger partial charge in [-0.1, -0.05) is 6.07 Å². The van der Waals surface area contributed by atoms with Gasteiger partial charge in [0, 0.05) is 15.8 Å². The molecule has 0 aromatic heterocycles. The van der Waals surface area contributed by atoms with Crippen LogP contribution in [0, 0.1) is 13.8 Å². The van der Waals surface area contributed by atoms with Crippen LogP contribution < -0.4 is 11.1 Å². The summed E-state index contributed by atoms with van der Waals surface area (Å²) in [7, 11) is 0. The monoisotopic (exact) mass is 290 g/mol. The summed E-state index contributed by atoms with van der Waals surface area (Å²) in [5.74, 6) is 0. The summed E-state index contributed by atoms with van der Waals surface area (Å²) in [5.41, 5.74) is 11.0. The number of rotatable bonds is 2. The molecular weight excluding hydrogens is 276 g/mol. The molecule has 0 aliphatic rings. The number of nitrogens with one attached hydrogen (secondary N) is 1. The zero-order valence-electron chi connectivity index (χ0n) is 9.92. The number of hydrogen-bond donors (Lipinski definition) is 2. The first-order valence-corrected chi connectivity index (χ1v) is 6.25. The summed E-state index contributed by atoms with van der Waals surface area (Å²) < 4.78 is 1.05. The molecular formula is C14H15BrN2. The average molecular weight is 291 g/mol. The van der Waals surface area contributed by atoms with E-state index in [2.05, 4.69) is 40.3 Å². The highest BCUT2D eigenvalue weighted by Gasteiger charge is 2.02. The molecule has 0 unspecified atom stereocenters. The number of aryl methyl sites for hydroxylation is 2. The average Bonchev–Trinajstić information content (AvgIpc) is 2.29. The zero-order chi connectivity index (χ0) is 12.4. The third kappa shape index (κ3) is 2.80. The normalized spacial score (nSPS) is 10.3. The summed E-state index contributed by atoms with van der Waals surface area (Å²) in [6.07, 6.45) is 0. The Labute approximate surface area is 110 Å². The van der Waals surface area contributed by atoms with Gasteiger partial charge in [0.2, 0.25) is 0 Å². The number of nitrogen functional groups attached to an aromatic ring is 1. The minimum absolute atomic E-state index is 0.818. The summed E-state index contributed by atoms with van der Waals surface area (Å²) >= 11 is 3.53. The van der Waals surface area contributed by atoms with Crippen molar-refractivity contribution in [2.45, 2.75) is 13.8 Å². The molecule has 2 rings (SSSR count). The predicted octanol–water partition coefficient (Wildman–Crippen LogP) is 4.39. The molecule has 88 valence electrons. The van der Waals surface area contributed by atoms with Crippen molar-refractivity contribution in [3.63, 3.8) is 0 Å². The number of nitrogens with two attached hydrogens (primary N) is 1. The second kappa shape index (κ2) is 4.80. The largest absolute Gasteiger partial charge is 0.399 e. The van der Waals surface area contributed by atoms with Crippen molar-refractivity contribution in [3.8, 4) is 0 Å². The second-order valence-electron chi connectivity index (χ2n) is 4.18. The molecule has 3 heteroatoms. The summed E-state index contributed by atoms with van der Waals surface area (Å²) in [6.45, 7) is 4.08. The van der Waals surface area contributed by atoms with Gasteiger partial charge in [0.25, 0.3) is 0 Å². The number of halogens is 1. The topological polar surface area (TPSA) is 38.0 Å². The SMILES string of the molecule is Cc1ccc(Br)c(Nc2ccc(N)c(C)c2)c1. The van der Waals surface area contributed by atoms with Crippen LogP contribution in [0.25, 0.3) is 0 Å². The molecule has 0 heterocycles. The summed E-state index contributed by atoms with van der Waals surface area (Å²) in [4.78, 5) is 0. The molecule has 2 nitrogen and oxygen atoms in total. The van der Waals surface area contributed by atoms with Crippen molar-refractivity contribution < 1.29 is 0 Å². The van der Waals surface area contributed by atoms with Gasteiger partial charge in [0.15, 0.2) is 0 Å². The molecule has 0 fully saturated rings. The van der Waals surface area contributed by atoms with Crippen LogP contribution in [0.5, 0.6) is 0 Å². The zero-order valence-corrected chi connectivity index (χ0v) is 11.5. The molecule has 2 aromatic carbocycles. The van der Waals surface area contributed by atoms with Gasteiger partial charge < -0.3 is 11.1 Å². The molecule has 0 bridgehead atoms. The fraction of sp³-hybridized carbons (Fsp3) is 0.143. The van der Waals surface area contributed by atoms with Crippen LogP contribution >= 0.6 is 15.9 Å². The van der Waals surface area contributed by atoms with E-state index in [4.69, 9.17) is 5.73 Å². The van der Waals surface area contributed by atoms with Crippen molar-refractivity contribution in [2.75, 3.05) is 11.1 Å². The van der Waals surface area contributed by atoms with Crippen molar-refractivity contribution in [1.29, 1.82) is 0 Å². The Morgan fingerprint density at radius 1 is 1.06 bits per heavy atom. The predicted molar refractivity (Wildman–Crippen MR) is 77.8 cm³/mol. The lowest BCUT2D eigenvalue weighted by Gasteiger charge is -2.11. The van der Waals surface area contributed by atoms with E-state index in [1.165, 1.54) is 5.56 Å². The number of benzene rings is 2. The van der Waals surface area contributed by atoms with Gasteiger partial charge in [-0.25, -0.2) is 0 Å². The van der Waals surface area contributed by atoms with E-state index in [-0.39, 0.29) is 0 Å². The van der Waals surface area contributed by atoms with Crippen LogP contribution in [0.2, 0.25) is 0 Å². The van der Waals surface area contributed by atoms with E-state index in [9.17, 15) is 0 Å². The minimum atomic E-state index is 0.818. The maximum atomic E-state index is 5.80. The van der Waals surface area contributed by atoms with Gasteiger partial charge in [-0.05, 0) is 71.2 Å². The highest BCUT2D eigenvalue weighted by atomic mass is 79.9. The van der Waals surface area contributed by atoms with E-state index in [1.807, 2.05) is 31.2 Å². The van der Waals surface area contributed by atoms with Gasteiger partial charge in [0.05, 0.1) is 5.69 Å². The first-order chi connectivity index (χ1) is 8.06. The third-order valence-corrected chi connectivity index (χ3v) is 3.36. The Hall–Kier alpha value is -1.48. The van der Waals surface area contributed by atoms with Crippen LogP contribution in [-0.2, 0) is 0 Å². The standard InChI is InChI=1S/C14H15BrN2/c1-9-3-5-12(15)14(7-9)17-11-4-6-13(16)10(2)8-11/h3-8,17H,16H2,1-2H3. The second-order valence-corrected chi connectivity index (χ2v) is 5.03. The van der Waals surface area contributed by atoms with Gasteiger partial charge >= 0.3 is 0 Å². The van der Waals surface area contributed by atoms with E-state index < -0.39 is 0 Å². The molecule has 0 radical (unpaired) electrons. The van der Waals surface area contributed by atoms with Crippen LogP contribution in [0.15, 0.2) is 40.9 Å². The lowest BCUT2D eigenvalue weighted by molar-refractivity contribution is 1.41. The Bertz CT molecular complexity index is 550. The third-order valence-electron chi connectivity index (χ3n) is 2.67. The van der Waals surface area contributed by atoms with Crippen LogP contribution in [0.3, 0.4) is 0 Å². The summed E-state index contributed by atoms with van der Waals surface area (Å²) in [6, 6.07) is 12.2. The number of anilines is 3. The molecule has 0 atom stereocenters. The molecule has 0 amide bonds. The maximum Gasteiger partial charge on any atom is 0.0531 e. The Morgan fingerprint density at radius 3 is 2.53 bits per heavy atom. The van der Waals surface area contributed by atoms with Crippen molar-refractivity contribution in [1.82, 2.24) is 0 Å². The van der Waals surface area contributed by atoms with Gasteiger partial charge in [-0.3, -0.25) is 0 Å². The number of hydrogen-bond acceptors (Lipinski definition) is 2. The maximum absolute atomic E-state index is 5.80. The van der Waals surface area contributed by atoms with E-state index >= 15 is 0 Å². The fourth-order valence-corrected chi connectivity index (χ4v) is 1.99. The van der Waals surface area contributed by atoms with Crippen molar-refractivity contribution >= 4 is 33.0 Å². The molecule has 2 aromatic rings. The van der Waals surface area contributed by atoms with Gasteiger partial charge in [-0.2, -0.15) is 0 Å². The van der Waals surface area contributed by atoms with Crippen molar-refractivity contribution in [3.05, 3.63) is 52.0 Å². The van der Waals surface area contributed by atoms with Gasteiger partial charge in [0.1, 0.15) is 0 Å². The molecule has 0 aliphatic carbocycles. The lowest BCUT2D eigenvalue weighted by atomic mass is 10.1. The van der Waals surface area contributed by atoms with Crippen LogP contribution in [-0.4, -0.2) is 0 Å². The van der Waals surface area contributed by atoms with E-state index in [0.717, 1.165) is 27.1 Å². The molecule has 0 aliphatic heterocycles. The van der Waals surface area contributed by atoms with E-state index in [0.29, 0.717) is 0 Å². The quantitative estimate of drug-likeness (QED) is 0.805. The minimum Gasteiger partial charge on any atom is -0.399 e. The Balaban J connectivity index is 2.31. The highest BCUT2D eigenvalue weighted by molar-refractivity contribution is 9.10. The van der Waals surface area contributed by atoms with Crippen molar-refractivity contribution in [2.24, 2.45) is 0 Å². The molecule has 0 saturated carbocycles. The fourth-order valence-electron chi connectivity index (χ4n) is 1.64. The molecule has 0 spiro atoms. The molecule has 17 heavy (non-hydrogen) atoms. The highest BCUT2D eigenvalue weighted by Crippen LogP contribution is 2.28. The molecule has 0 saturated heterocycles. The Morgan fingerprint density at radius 2 is 1.82 bits per heavy atom. The van der Waals surface area contributed by atoms with E-state index in [1.54, 1.807) is 0 Å². The first kappa shape index (κ1) is 12.0.